The van der Waals surface area contributed by atoms with Crippen molar-refractivity contribution < 1.29 is 9.47 Å². The predicted molar refractivity (Wildman–Crippen MR) is 88.0 cm³/mol. The Morgan fingerprint density at radius 2 is 1.95 bits per heavy atom. The van der Waals surface area contributed by atoms with Gasteiger partial charge in [0.25, 0.3) is 0 Å². The van der Waals surface area contributed by atoms with Crippen molar-refractivity contribution in [3.63, 3.8) is 0 Å². The summed E-state index contributed by atoms with van der Waals surface area (Å²) in [6.45, 7) is 8.82. The van der Waals surface area contributed by atoms with E-state index in [0.717, 1.165) is 24.2 Å². The second-order valence-electron chi connectivity index (χ2n) is 6.59. The van der Waals surface area contributed by atoms with Crippen molar-refractivity contribution >= 4 is 0 Å². The number of hydrogen-bond donors (Lipinski definition) is 0. The molecular weight excluding hydrogens is 260 g/mol. The van der Waals surface area contributed by atoms with Crippen molar-refractivity contribution in [2.24, 2.45) is 11.8 Å². The SMILES string of the molecule is Cc1cccc(OCCOCC[C@H]2CCC[C@H](C)C2)c1C. The monoisotopic (exact) mass is 290 g/mol. The maximum Gasteiger partial charge on any atom is 0.122 e. The number of ether oxygens (including phenoxy) is 2. The molecular formula is C19H30O2. The largest absolute Gasteiger partial charge is 0.491 e. The molecule has 0 bridgehead atoms. The van der Waals surface area contributed by atoms with Crippen molar-refractivity contribution in [2.45, 2.75) is 52.9 Å². The average molecular weight is 290 g/mol. The summed E-state index contributed by atoms with van der Waals surface area (Å²) >= 11 is 0. The molecule has 2 rings (SSSR count). The van der Waals surface area contributed by atoms with Gasteiger partial charge >= 0.3 is 0 Å². The minimum atomic E-state index is 0.644. The van der Waals surface area contributed by atoms with Crippen LogP contribution in [0.15, 0.2) is 18.2 Å². The number of aryl methyl sites for hydroxylation is 1. The van der Waals surface area contributed by atoms with Crippen LogP contribution in [0.25, 0.3) is 0 Å². The quantitative estimate of drug-likeness (QED) is 0.664. The van der Waals surface area contributed by atoms with Crippen molar-refractivity contribution in [2.75, 3.05) is 19.8 Å². The van der Waals surface area contributed by atoms with Crippen LogP contribution < -0.4 is 4.74 Å². The summed E-state index contributed by atoms with van der Waals surface area (Å²) in [6, 6.07) is 6.19. The van der Waals surface area contributed by atoms with E-state index in [0.29, 0.717) is 13.2 Å². The topological polar surface area (TPSA) is 18.5 Å². The van der Waals surface area contributed by atoms with Gasteiger partial charge in [-0.25, -0.2) is 0 Å². The summed E-state index contributed by atoms with van der Waals surface area (Å²) in [5, 5.41) is 0. The molecule has 0 amide bonds. The third kappa shape index (κ3) is 5.35. The van der Waals surface area contributed by atoms with E-state index in [1.807, 2.05) is 12.1 Å². The van der Waals surface area contributed by atoms with E-state index >= 15 is 0 Å². The van der Waals surface area contributed by atoms with E-state index in [2.05, 4.69) is 26.8 Å². The van der Waals surface area contributed by atoms with Crippen molar-refractivity contribution in [1.29, 1.82) is 0 Å². The fourth-order valence-electron chi connectivity index (χ4n) is 3.27. The molecule has 1 fully saturated rings. The van der Waals surface area contributed by atoms with Gasteiger partial charge in [0.15, 0.2) is 0 Å². The zero-order chi connectivity index (χ0) is 15.1. The van der Waals surface area contributed by atoms with E-state index in [1.54, 1.807) is 0 Å². The third-order valence-corrected chi connectivity index (χ3v) is 4.76. The smallest absolute Gasteiger partial charge is 0.122 e. The summed E-state index contributed by atoms with van der Waals surface area (Å²) in [4.78, 5) is 0. The first kappa shape index (κ1) is 16.4. The summed E-state index contributed by atoms with van der Waals surface area (Å²) in [5.41, 5.74) is 2.51. The first-order valence-corrected chi connectivity index (χ1v) is 8.43. The maximum absolute atomic E-state index is 5.80. The molecule has 0 N–H and O–H groups in total. The summed E-state index contributed by atoms with van der Waals surface area (Å²) in [7, 11) is 0. The fourth-order valence-corrected chi connectivity index (χ4v) is 3.27. The predicted octanol–water partition coefficient (Wildman–Crippen LogP) is 4.92. The van der Waals surface area contributed by atoms with Gasteiger partial charge in [-0.2, -0.15) is 0 Å². The van der Waals surface area contributed by atoms with Crippen LogP contribution in [-0.4, -0.2) is 19.8 Å². The maximum atomic E-state index is 5.80. The fraction of sp³-hybridized carbons (Fsp3) is 0.684. The van der Waals surface area contributed by atoms with Gasteiger partial charge in [0, 0.05) is 6.61 Å². The van der Waals surface area contributed by atoms with Crippen LogP contribution in [0.5, 0.6) is 5.75 Å². The molecule has 0 aromatic heterocycles. The highest BCUT2D eigenvalue weighted by molar-refractivity contribution is 5.38. The van der Waals surface area contributed by atoms with E-state index in [-0.39, 0.29) is 0 Å². The van der Waals surface area contributed by atoms with Crippen molar-refractivity contribution in [3.8, 4) is 5.75 Å². The Morgan fingerprint density at radius 3 is 2.76 bits per heavy atom. The molecule has 1 aromatic carbocycles. The van der Waals surface area contributed by atoms with E-state index in [4.69, 9.17) is 9.47 Å². The van der Waals surface area contributed by atoms with Crippen LogP contribution >= 0.6 is 0 Å². The highest BCUT2D eigenvalue weighted by atomic mass is 16.5. The Labute approximate surface area is 129 Å². The van der Waals surface area contributed by atoms with Gasteiger partial charge in [0.1, 0.15) is 12.4 Å². The molecule has 1 aliphatic carbocycles. The van der Waals surface area contributed by atoms with Gasteiger partial charge in [-0.05, 0) is 55.7 Å². The molecule has 0 saturated heterocycles. The van der Waals surface area contributed by atoms with Crippen LogP contribution in [0.4, 0.5) is 0 Å². The van der Waals surface area contributed by atoms with Crippen LogP contribution in [0, 0.1) is 25.7 Å². The molecule has 21 heavy (non-hydrogen) atoms. The molecule has 2 nitrogen and oxygen atoms in total. The highest BCUT2D eigenvalue weighted by Gasteiger charge is 2.18. The lowest BCUT2D eigenvalue weighted by Crippen LogP contribution is -2.16. The molecule has 2 atom stereocenters. The molecule has 0 spiro atoms. The zero-order valence-electron chi connectivity index (χ0n) is 13.9. The van der Waals surface area contributed by atoms with Crippen LogP contribution in [0.1, 0.15) is 50.2 Å². The number of hydrogen-bond acceptors (Lipinski definition) is 2. The Kier molecular flexibility index (Phi) is 6.56. The minimum absolute atomic E-state index is 0.644. The number of benzene rings is 1. The lowest BCUT2D eigenvalue weighted by atomic mass is 9.81. The van der Waals surface area contributed by atoms with Gasteiger partial charge in [0.05, 0.1) is 6.61 Å². The lowest BCUT2D eigenvalue weighted by molar-refractivity contribution is 0.0831. The Hall–Kier alpha value is -1.02. The number of rotatable bonds is 7. The van der Waals surface area contributed by atoms with Crippen LogP contribution in [0.3, 0.4) is 0 Å². The molecule has 0 radical (unpaired) electrons. The Balaban J connectivity index is 1.57. The first-order chi connectivity index (χ1) is 10.2. The van der Waals surface area contributed by atoms with Gasteiger partial charge in [-0.15, -0.1) is 0 Å². The standard InChI is InChI=1S/C19H30O2/c1-15-6-4-8-18(14-15)10-11-20-12-13-21-19-9-5-7-16(2)17(19)3/h5,7,9,15,18H,4,6,8,10-14H2,1-3H3/t15-,18+/m0/s1. The molecule has 0 heterocycles. The summed E-state index contributed by atoms with van der Waals surface area (Å²) < 4.78 is 11.5. The van der Waals surface area contributed by atoms with Crippen molar-refractivity contribution in [3.05, 3.63) is 29.3 Å². The third-order valence-electron chi connectivity index (χ3n) is 4.76. The first-order valence-electron chi connectivity index (χ1n) is 8.43. The zero-order valence-corrected chi connectivity index (χ0v) is 13.9. The molecule has 1 aromatic rings. The van der Waals surface area contributed by atoms with Gasteiger partial charge in [0.2, 0.25) is 0 Å². The van der Waals surface area contributed by atoms with Gasteiger partial charge in [-0.3, -0.25) is 0 Å². The van der Waals surface area contributed by atoms with E-state index in [9.17, 15) is 0 Å². The van der Waals surface area contributed by atoms with E-state index < -0.39 is 0 Å². The highest BCUT2D eigenvalue weighted by Crippen LogP contribution is 2.30. The minimum Gasteiger partial charge on any atom is -0.491 e. The molecule has 1 saturated carbocycles. The molecule has 118 valence electrons. The normalized spacial score (nSPS) is 22.2. The lowest BCUT2D eigenvalue weighted by Gasteiger charge is -2.26. The van der Waals surface area contributed by atoms with Crippen molar-refractivity contribution in [1.82, 2.24) is 0 Å². The van der Waals surface area contributed by atoms with E-state index in [1.165, 1.54) is 43.2 Å². The molecule has 2 heteroatoms. The molecule has 0 unspecified atom stereocenters. The second-order valence-corrected chi connectivity index (χ2v) is 6.59. The second kappa shape index (κ2) is 8.43. The Bertz CT molecular complexity index is 428. The van der Waals surface area contributed by atoms with Crippen LogP contribution in [0.2, 0.25) is 0 Å². The summed E-state index contributed by atoms with van der Waals surface area (Å²) in [6.07, 6.45) is 6.82. The van der Waals surface area contributed by atoms with Crippen LogP contribution in [-0.2, 0) is 4.74 Å². The average Bonchev–Trinajstić information content (AvgIpc) is 2.47. The molecule has 1 aliphatic rings. The van der Waals surface area contributed by atoms with Gasteiger partial charge in [-0.1, -0.05) is 38.3 Å². The molecule has 0 aliphatic heterocycles. The Morgan fingerprint density at radius 1 is 1.10 bits per heavy atom. The van der Waals surface area contributed by atoms with Gasteiger partial charge < -0.3 is 9.47 Å². The summed E-state index contributed by atoms with van der Waals surface area (Å²) in [5.74, 6) is 2.78.